The topological polar surface area (TPSA) is 57.6 Å². The fraction of sp³-hybridized carbons (Fsp3) is 0.333. The SMILES string of the molecule is CCN(C(=O)C=Cc1ccc(Br)cc1)C(C)CC(=O)O. The molecule has 1 N–H and O–H groups in total. The normalized spacial score (nSPS) is 12.3. The molecular weight excluding hydrogens is 322 g/mol. The first kappa shape index (κ1) is 16.4. The van der Waals surface area contributed by atoms with Crippen LogP contribution in [0.25, 0.3) is 6.08 Å². The number of nitrogens with zero attached hydrogens (tertiary/aromatic N) is 1. The van der Waals surface area contributed by atoms with Gasteiger partial charge in [-0.3, -0.25) is 9.59 Å². The number of aliphatic carboxylic acids is 1. The first-order valence-corrected chi connectivity index (χ1v) is 7.19. The van der Waals surface area contributed by atoms with E-state index in [0.29, 0.717) is 6.54 Å². The van der Waals surface area contributed by atoms with Crippen molar-refractivity contribution >= 4 is 33.9 Å². The number of carbonyl (C=O) groups is 2. The second-order valence-corrected chi connectivity index (χ2v) is 5.37. The van der Waals surface area contributed by atoms with E-state index in [9.17, 15) is 9.59 Å². The Balaban J connectivity index is 2.71. The van der Waals surface area contributed by atoms with E-state index in [1.807, 2.05) is 31.2 Å². The van der Waals surface area contributed by atoms with Crippen LogP contribution in [-0.4, -0.2) is 34.5 Å². The van der Waals surface area contributed by atoms with Gasteiger partial charge in [0.1, 0.15) is 0 Å². The average Bonchev–Trinajstić information content (AvgIpc) is 2.38. The van der Waals surface area contributed by atoms with Gasteiger partial charge < -0.3 is 10.0 Å². The molecule has 0 bridgehead atoms. The molecule has 0 radical (unpaired) electrons. The van der Waals surface area contributed by atoms with Crippen LogP contribution in [0.1, 0.15) is 25.8 Å². The zero-order chi connectivity index (χ0) is 15.1. The van der Waals surface area contributed by atoms with Gasteiger partial charge in [0.25, 0.3) is 0 Å². The van der Waals surface area contributed by atoms with Crippen molar-refractivity contribution in [1.82, 2.24) is 4.90 Å². The van der Waals surface area contributed by atoms with Crippen LogP contribution in [-0.2, 0) is 9.59 Å². The molecule has 1 aromatic carbocycles. The van der Waals surface area contributed by atoms with Gasteiger partial charge in [-0.1, -0.05) is 28.1 Å². The monoisotopic (exact) mass is 339 g/mol. The first-order valence-electron chi connectivity index (χ1n) is 6.40. The summed E-state index contributed by atoms with van der Waals surface area (Å²) >= 11 is 3.35. The summed E-state index contributed by atoms with van der Waals surface area (Å²) in [5.74, 6) is -1.08. The van der Waals surface area contributed by atoms with E-state index >= 15 is 0 Å². The van der Waals surface area contributed by atoms with Crippen LogP contribution in [0.5, 0.6) is 0 Å². The van der Waals surface area contributed by atoms with Crippen LogP contribution >= 0.6 is 15.9 Å². The molecule has 0 aromatic heterocycles. The van der Waals surface area contributed by atoms with Crippen molar-refractivity contribution < 1.29 is 14.7 Å². The number of carbonyl (C=O) groups excluding carboxylic acids is 1. The minimum absolute atomic E-state index is 0.0499. The van der Waals surface area contributed by atoms with Gasteiger partial charge in [0.05, 0.1) is 6.42 Å². The Bertz CT molecular complexity index is 496. The highest BCUT2D eigenvalue weighted by Crippen LogP contribution is 2.12. The molecule has 0 aliphatic heterocycles. The number of halogens is 1. The molecule has 20 heavy (non-hydrogen) atoms. The Morgan fingerprint density at radius 2 is 1.95 bits per heavy atom. The van der Waals surface area contributed by atoms with E-state index in [1.165, 1.54) is 6.08 Å². The first-order chi connectivity index (χ1) is 9.43. The Kier molecular flexibility index (Phi) is 6.45. The summed E-state index contributed by atoms with van der Waals surface area (Å²) in [4.78, 5) is 24.3. The summed E-state index contributed by atoms with van der Waals surface area (Å²) in [6.45, 7) is 4.06. The van der Waals surface area contributed by atoms with E-state index in [1.54, 1.807) is 17.9 Å². The van der Waals surface area contributed by atoms with Crippen molar-refractivity contribution in [2.45, 2.75) is 26.3 Å². The third-order valence-electron chi connectivity index (χ3n) is 2.91. The van der Waals surface area contributed by atoms with Crippen LogP contribution in [0.2, 0.25) is 0 Å². The van der Waals surface area contributed by atoms with E-state index in [2.05, 4.69) is 15.9 Å². The molecule has 0 saturated heterocycles. The van der Waals surface area contributed by atoms with Gasteiger partial charge in [0, 0.05) is 23.1 Å². The van der Waals surface area contributed by atoms with Gasteiger partial charge in [-0.25, -0.2) is 0 Å². The molecule has 1 rings (SSSR count). The van der Waals surface area contributed by atoms with Gasteiger partial charge in [0.2, 0.25) is 5.91 Å². The minimum atomic E-state index is -0.902. The standard InChI is InChI=1S/C15H18BrNO3/c1-3-17(11(2)10-15(19)20)14(18)9-6-12-4-7-13(16)8-5-12/h4-9,11H,3,10H2,1-2H3,(H,19,20). The maximum atomic E-state index is 12.1. The maximum Gasteiger partial charge on any atom is 0.305 e. The smallest absolute Gasteiger partial charge is 0.305 e. The van der Waals surface area contributed by atoms with Crippen molar-refractivity contribution in [1.29, 1.82) is 0 Å². The predicted molar refractivity (Wildman–Crippen MR) is 82.3 cm³/mol. The summed E-state index contributed by atoms with van der Waals surface area (Å²) in [7, 11) is 0. The Morgan fingerprint density at radius 3 is 2.45 bits per heavy atom. The Labute approximate surface area is 127 Å². The van der Waals surface area contributed by atoms with Gasteiger partial charge >= 0.3 is 5.97 Å². The number of amides is 1. The molecule has 0 aliphatic rings. The lowest BCUT2D eigenvalue weighted by atomic mass is 10.1. The molecule has 4 nitrogen and oxygen atoms in total. The highest BCUT2D eigenvalue weighted by molar-refractivity contribution is 9.10. The molecule has 0 saturated carbocycles. The van der Waals surface area contributed by atoms with Crippen molar-refractivity contribution in [2.24, 2.45) is 0 Å². The number of carboxylic acids is 1. The zero-order valence-electron chi connectivity index (χ0n) is 11.5. The second-order valence-electron chi connectivity index (χ2n) is 4.46. The number of hydrogen-bond acceptors (Lipinski definition) is 2. The Hall–Kier alpha value is -1.62. The Morgan fingerprint density at radius 1 is 1.35 bits per heavy atom. The fourth-order valence-electron chi connectivity index (χ4n) is 1.88. The van der Waals surface area contributed by atoms with Crippen LogP contribution in [0.15, 0.2) is 34.8 Å². The third-order valence-corrected chi connectivity index (χ3v) is 3.44. The maximum absolute atomic E-state index is 12.1. The zero-order valence-corrected chi connectivity index (χ0v) is 13.1. The largest absolute Gasteiger partial charge is 0.481 e. The van der Waals surface area contributed by atoms with Crippen LogP contribution in [0, 0.1) is 0 Å². The predicted octanol–water partition coefficient (Wildman–Crippen LogP) is 3.17. The van der Waals surface area contributed by atoms with Crippen LogP contribution < -0.4 is 0 Å². The van der Waals surface area contributed by atoms with Gasteiger partial charge in [0.15, 0.2) is 0 Å². The molecule has 5 heteroatoms. The average molecular weight is 340 g/mol. The number of hydrogen-bond donors (Lipinski definition) is 1. The lowest BCUT2D eigenvalue weighted by Gasteiger charge is -2.25. The third kappa shape index (κ3) is 5.17. The highest BCUT2D eigenvalue weighted by atomic mass is 79.9. The lowest BCUT2D eigenvalue weighted by Crippen LogP contribution is -2.38. The number of likely N-dealkylation sites (N-methyl/N-ethyl adjacent to an activating group) is 1. The summed E-state index contributed by atoms with van der Waals surface area (Å²) in [6, 6.07) is 7.26. The van der Waals surface area contributed by atoms with E-state index in [-0.39, 0.29) is 18.4 Å². The van der Waals surface area contributed by atoms with Gasteiger partial charge in [-0.15, -0.1) is 0 Å². The molecule has 1 atom stereocenters. The molecule has 0 spiro atoms. The van der Waals surface area contributed by atoms with Crippen molar-refractivity contribution in [3.05, 3.63) is 40.4 Å². The molecular formula is C15H18BrNO3. The highest BCUT2D eigenvalue weighted by Gasteiger charge is 2.18. The van der Waals surface area contributed by atoms with E-state index < -0.39 is 5.97 Å². The van der Waals surface area contributed by atoms with Gasteiger partial charge in [-0.05, 0) is 37.6 Å². The molecule has 0 aliphatic carbocycles. The van der Waals surface area contributed by atoms with Gasteiger partial charge in [-0.2, -0.15) is 0 Å². The molecule has 0 heterocycles. The number of carboxylic acid groups (broad SMARTS) is 1. The fourth-order valence-corrected chi connectivity index (χ4v) is 2.15. The summed E-state index contributed by atoms with van der Waals surface area (Å²) in [5.41, 5.74) is 0.920. The molecule has 108 valence electrons. The quantitative estimate of drug-likeness (QED) is 0.810. The van der Waals surface area contributed by atoms with Crippen molar-refractivity contribution in [2.75, 3.05) is 6.54 Å². The van der Waals surface area contributed by atoms with E-state index in [4.69, 9.17) is 5.11 Å². The summed E-state index contributed by atoms with van der Waals surface area (Å²) < 4.78 is 0.978. The van der Waals surface area contributed by atoms with Crippen LogP contribution in [0.3, 0.4) is 0 Å². The molecule has 1 amide bonds. The number of rotatable bonds is 6. The molecule has 0 fully saturated rings. The summed E-state index contributed by atoms with van der Waals surface area (Å²) in [5, 5.41) is 8.78. The number of benzene rings is 1. The molecule has 1 unspecified atom stereocenters. The van der Waals surface area contributed by atoms with Crippen molar-refractivity contribution in [3.63, 3.8) is 0 Å². The van der Waals surface area contributed by atoms with Crippen LogP contribution in [0.4, 0.5) is 0 Å². The summed E-state index contributed by atoms with van der Waals surface area (Å²) in [6.07, 6.45) is 3.15. The molecule has 1 aromatic rings. The minimum Gasteiger partial charge on any atom is -0.481 e. The van der Waals surface area contributed by atoms with Crippen molar-refractivity contribution in [3.8, 4) is 0 Å². The second kappa shape index (κ2) is 7.85. The van der Waals surface area contributed by atoms with E-state index in [0.717, 1.165) is 10.0 Å². The lowest BCUT2D eigenvalue weighted by molar-refractivity contribution is -0.139.